The molecule has 1 amide bonds. The molecule has 1 N–H and O–H groups in total. The zero-order chi connectivity index (χ0) is 18.5. The van der Waals surface area contributed by atoms with E-state index in [-0.39, 0.29) is 0 Å². The van der Waals surface area contributed by atoms with Crippen LogP contribution in [0.1, 0.15) is 27.4 Å². The molecule has 136 valence electrons. The van der Waals surface area contributed by atoms with Gasteiger partial charge in [0.05, 0.1) is 20.9 Å². The number of carbonyl (C=O) groups excluding carboxylic acids is 2. The lowest BCUT2D eigenvalue weighted by Crippen LogP contribution is -2.30. The lowest BCUT2D eigenvalue weighted by atomic mass is 10.1. The van der Waals surface area contributed by atoms with Gasteiger partial charge in [-0.2, -0.15) is 0 Å². The lowest BCUT2D eigenvalue weighted by Gasteiger charge is -2.14. The molecule has 0 bridgehead atoms. The molecule has 0 aliphatic carbocycles. The molecule has 0 radical (unpaired) electrons. The van der Waals surface area contributed by atoms with Gasteiger partial charge in [-0.25, -0.2) is 4.79 Å². The van der Waals surface area contributed by atoms with Crippen molar-refractivity contribution < 1.29 is 14.3 Å². The summed E-state index contributed by atoms with van der Waals surface area (Å²) in [6.45, 7) is 1.53. The van der Waals surface area contributed by atoms with Gasteiger partial charge >= 0.3 is 5.97 Å². The number of halogens is 1. The van der Waals surface area contributed by atoms with Crippen LogP contribution in [0.5, 0.6) is 0 Å². The van der Waals surface area contributed by atoms with Crippen LogP contribution in [0.3, 0.4) is 0 Å². The number of hydrogen-bond donors (Lipinski definition) is 1. The second-order valence-corrected chi connectivity index (χ2v) is 8.84. The van der Waals surface area contributed by atoms with Gasteiger partial charge < -0.3 is 10.1 Å². The molecule has 1 fully saturated rings. The fourth-order valence-corrected chi connectivity index (χ4v) is 5.45. The molecular weight excluding hydrogens is 390 g/mol. The Bertz CT molecular complexity index is 792. The summed E-state index contributed by atoms with van der Waals surface area (Å²) < 4.78 is 5.70. The number of esters is 1. The number of anilines is 1. The predicted octanol–water partition coefficient (Wildman–Crippen LogP) is 5.00. The smallest absolute Gasteiger partial charge is 0.338 e. The summed E-state index contributed by atoms with van der Waals surface area (Å²) in [5, 5.41) is 3.09. The van der Waals surface area contributed by atoms with Crippen LogP contribution in [-0.4, -0.2) is 29.5 Å². The molecule has 3 rings (SSSR count). The van der Waals surface area contributed by atoms with Crippen LogP contribution in [0, 0.1) is 0 Å². The van der Waals surface area contributed by atoms with E-state index < -0.39 is 18.0 Å². The summed E-state index contributed by atoms with van der Waals surface area (Å²) in [5.41, 5.74) is 2.11. The molecule has 0 aromatic heterocycles. The first-order valence-corrected chi connectivity index (χ1v) is 10.6. The van der Waals surface area contributed by atoms with Gasteiger partial charge in [0.25, 0.3) is 5.91 Å². The van der Waals surface area contributed by atoms with E-state index >= 15 is 0 Å². The number of thioether (sulfide) groups is 2. The minimum Gasteiger partial charge on any atom is -0.449 e. The van der Waals surface area contributed by atoms with E-state index in [0.29, 0.717) is 20.9 Å². The fourth-order valence-electron chi connectivity index (χ4n) is 2.41. The van der Waals surface area contributed by atoms with E-state index in [9.17, 15) is 9.59 Å². The Morgan fingerprint density at radius 2 is 1.77 bits per heavy atom. The summed E-state index contributed by atoms with van der Waals surface area (Å²) in [6.07, 6.45) is -0.931. The first-order chi connectivity index (χ1) is 12.5. The van der Waals surface area contributed by atoms with Crippen LogP contribution >= 0.6 is 35.1 Å². The van der Waals surface area contributed by atoms with Crippen LogP contribution in [0.4, 0.5) is 5.69 Å². The molecule has 1 saturated heterocycles. The van der Waals surface area contributed by atoms with Gasteiger partial charge in [0.2, 0.25) is 0 Å². The normalized spacial score (nSPS) is 15.5. The van der Waals surface area contributed by atoms with Crippen LogP contribution in [-0.2, 0) is 9.53 Å². The SMILES string of the molecule is C[C@@H](OC(=O)c1ccc(C2SCCS2)cc1)C(=O)Nc1ccccc1Cl. The third-order valence-corrected chi connectivity index (χ3v) is 7.26. The van der Waals surface area contributed by atoms with E-state index in [1.165, 1.54) is 12.5 Å². The summed E-state index contributed by atoms with van der Waals surface area (Å²) in [4.78, 5) is 24.5. The number of amides is 1. The Kier molecular flexibility index (Phi) is 6.51. The maximum atomic E-state index is 12.3. The quantitative estimate of drug-likeness (QED) is 0.706. The first kappa shape index (κ1) is 19.1. The molecule has 2 aromatic carbocycles. The van der Waals surface area contributed by atoms with Crippen molar-refractivity contribution in [1.82, 2.24) is 0 Å². The summed E-state index contributed by atoms with van der Waals surface area (Å²) in [6, 6.07) is 14.3. The van der Waals surface area contributed by atoms with Crippen molar-refractivity contribution in [2.75, 3.05) is 16.8 Å². The Hall–Kier alpha value is -1.63. The number of carbonyl (C=O) groups is 2. The first-order valence-electron chi connectivity index (χ1n) is 8.14. The molecular formula is C19H18ClNO3S2. The average molecular weight is 408 g/mol. The highest BCUT2D eigenvalue weighted by Crippen LogP contribution is 2.45. The van der Waals surface area contributed by atoms with Crippen molar-refractivity contribution in [3.05, 3.63) is 64.7 Å². The van der Waals surface area contributed by atoms with Crippen LogP contribution in [0.2, 0.25) is 5.02 Å². The minimum absolute atomic E-state index is 0.428. The molecule has 1 atom stereocenters. The lowest BCUT2D eigenvalue weighted by molar-refractivity contribution is -0.123. The van der Waals surface area contributed by atoms with Crippen molar-refractivity contribution in [3.8, 4) is 0 Å². The Balaban J connectivity index is 1.58. The Labute approximate surface area is 166 Å². The van der Waals surface area contributed by atoms with Crippen molar-refractivity contribution in [2.45, 2.75) is 17.6 Å². The third-order valence-electron chi connectivity index (χ3n) is 3.83. The summed E-state index contributed by atoms with van der Waals surface area (Å²) >= 11 is 9.84. The summed E-state index contributed by atoms with van der Waals surface area (Å²) in [5.74, 6) is 1.35. The summed E-state index contributed by atoms with van der Waals surface area (Å²) in [7, 11) is 0. The molecule has 4 nitrogen and oxygen atoms in total. The van der Waals surface area contributed by atoms with Gasteiger partial charge in [-0.1, -0.05) is 35.9 Å². The molecule has 26 heavy (non-hydrogen) atoms. The molecule has 0 saturated carbocycles. The maximum Gasteiger partial charge on any atom is 0.338 e. The van der Waals surface area contributed by atoms with E-state index in [0.717, 1.165) is 11.5 Å². The molecule has 0 spiro atoms. The predicted molar refractivity (Wildman–Crippen MR) is 109 cm³/mol. The van der Waals surface area contributed by atoms with E-state index in [4.69, 9.17) is 16.3 Å². The molecule has 1 aliphatic heterocycles. The minimum atomic E-state index is -0.931. The largest absolute Gasteiger partial charge is 0.449 e. The van der Waals surface area contributed by atoms with E-state index in [1.54, 1.807) is 36.4 Å². The number of para-hydroxylation sites is 1. The van der Waals surface area contributed by atoms with Crippen LogP contribution in [0.25, 0.3) is 0 Å². The van der Waals surface area contributed by atoms with Gasteiger partial charge in [0, 0.05) is 11.5 Å². The van der Waals surface area contributed by atoms with Crippen molar-refractivity contribution in [2.24, 2.45) is 0 Å². The monoisotopic (exact) mass is 407 g/mol. The van der Waals surface area contributed by atoms with E-state index in [1.807, 2.05) is 35.7 Å². The topological polar surface area (TPSA) is 55.4 Å². The number of benzene rings is 2. The Morgan fingerprint density at radius 3 is 2.42 bits per heavy atom. The molecule has 1 heterocycles. The zero-order valence-corrected chi connectivity index (χ0v) is 16.5. The molecule has 2 aromatic rings. The second kappa shape index (κ2) is 8.84. The fraction of sp³-hybridized carbons (Fsp3) is 0.263. The standard InChI is InChI=1S/C19H18ClNO3S2/c1-12(17(22)21-16-5-3-2-4-15(16)20)24-18(23)13-6-8-14(9-7-13)19-25-10-11-26-19/h2-9,12,19H,10-11H2,1H3,(H,21,22)/t12-/m1/s1. The molecule has 7 heteroatoms. The maximum absolute atomic E-state index is 12.3. The van der Waals surface area contributed by atoms with Gasteiger partial charge in [-0.05, 0) is 36.8 Å². The van der Waals surface area contributed by atoms with Gasteiger partial charge in [0.1, 0.15) is 0 Å². The van der Waals surface area contributed by atoms with E-state index in [2.05, 4.69) is 5.32 Å². The Morgan fingerprint density at radius 1 is 1.12 bits per heavy atom. The second-order valence-electron chi connectivity index (χ2n) is 5.71. The highest BCUT2D eigenvalue weighted by Gasteiger charge is 2.21. The zero-order valence-electron chi connectivity index (χ0n) is 14.1. The van der Waals surface area contributed by atoms with Gasteiger partial charge in [-0.15, -0.1) is 23.5 Å². The van der Waals surface area contributed by atoms with Crippen molar-refractivity contribution in [1.29, 1.82) is 0 Å². The van der Waals surface area contributed by atoms with Gasteiger partial charge in [0.15, 0.2) is 6.10 Å². The average Bonchev–Trinajstić information content (AvgIpc) is 3.18. The molecule has 0 unspecified atom stereocenters. The molecule has 1 aliphatic rings. The number of hydrogen-bond acceptors (Lipinski definition) is 5. The van der Waals surface area contributed by atoms with Gasteiger partial charge in [-0.3, -0.25) is 4.79 Å². The third kappa shape index (κ3) is 4.75. The number of ether oxygens (including phenoxy) is 1. The van der Waals surface area contributed by atoms with Crippen molar-refractivity contribution in [3.63, 3.8) is 0 Å². The highest BCUT2D eigenvalue weighted by atomic mass is 35.5. The number of rotatable bonds is 5. The number of nitrogens with one attached hydrogen (secondary N) is 1. The van der Waals surface area contributed by atoms with Crippen LogP contribution in [0.15, 0.2) is 48.5 Å². The van der Waals surface area contributed by atoms with Crippen molar-refractivity contribution >= 4 is 52.7 Å². The van der Waals surface area contributed by atoms with Crippen LogP contribution < -0.4 is 5.32 Å². The highest BCUT2D eigenvalue weighted by molar-refractivity contribution is 8.19.